The van der Waals surface area contributed by atoms with Gasteiger partial charge in [0.25, 0.3) is 0 Å². The standard InChI is InChI=1S/C15H22FNO/c1-4-17-15(14-5-6-18-11(14)3)12-7-10(2)8-13(16)9-12/h7-9,11,14-15,17H,4-6H2,1-3H3. The Kier molecular flexibility index (Phi) is 4.36. The molecule has 2 nitrogen and oxygen atoms in total. The van der Waals surface area contributed by atoms with Crippen molar-refractivity contribution in [3.05, 3.63) is 35.1 Å². The molecule has 0 radical (unpaired) electrons. The SMILES string of the molecule is CCNC(c1cc(C)cc(F)c1)C1CCOC1C. The Morgan fingerprint density at radius 3 is 2.78 bits per heavy atom. The van der Waals surface area contributed by atoms with E-state index in [9.17, 15) is 4.39 Å². The van der Waals surface area contributed by atoms with Gasteiger partial charge in [0.1, 0.15) is 5.82 Å². The van der Waals surface area contributed by atoms with Gasteiger partial charge in [-0.1, -0.05) is 13.0 Å². The van der Waals surface area contributed by atoms with Gasteiger partial charge in [-0.25, -0.2) is 4.39 Å². The Bertz CT molecular complexity index is 387. The Morgan fingerprint density at radius 2 is 2.22 bits per heavy atom. The topological polar surface area (TPSA) is 21.3 Å². The number of halogens is 1. The molecule has 3 atom stereocenters. The highest BCUT2D eigenvalue weighted by atomic mass is 19.1. The zero-order valence-corrected chi connectivity index (χ0v) is 11.4. The molecular weight excluding hydrogens is 229 g/mol. The third-order valence-corrected chi connectivity index (χ3v) is 3.71. The van der Waals surface area contributed by atoms with E-state index >= 15 is 0 Å². The van der Waals surface area contributed by atoms with Crippen molar-refractivity contribution in [1.82, 2.24) is 5.32 Å². The second kappa shape index (κ2) is 5.81. The van der Waals surface area contributed by atoms with Gasteiger partial charge in [0.05, 0.1) is 6.10 Å². The molecule has 18 heavy (non-hydrogen) atoms. The van der Waals surface area contributed by atoms with E-state index < -0.39 is 0 Å². The van der Waals surface area contributed by atoms with Gasteiger partial charge in [-0.05, 0) is 50.1 Å². The largest absolute Gasteiger partial charge is 0.378 e. The molecule has 0 bridgehead atoms. The van der Waals surface area contributed by atoms with Crippen LogP contribution in [0.2, 0.25) is 0 Å². The number of ether oxygens (including phenoxy) is 1. The lowest BCUT2D eigenvalue weighted by molar-refractivity contribution is 0.0955. The zero-order valence-electron chi connectivity index (χ0n) is 11.4. The van der Waals surface area contributed by atoms with E-state index in [0.717, 1.165) is 30.7 Å². The molecule has 100 valence electrons. The molecule has 1 aliphatic rings. The number of rotatable bonds is 4. The minimum Gasteiger partial charge on any atom is -0.378 e. The fraction of sp³-hybridized carbons (Fsp3) is 0.600. The summed E-state index contributed by atoms with van der Waals surface area (Å²) in [6.07, 6.45) is 1.27. The summed E-state index contributed by atoms with van der Waals surface area (Å²) in [5, 5.41) is 3.48. The molecule has 3 heteroatoms. The molecule has 0 aromatic heterocycles. The van der Waals surface area contributed by atoms with Crippen LogP contribution in [0.1, 0.15) is 37.4 Å². The molecule has 0 saturated carbocycles. The first-order chi connectivity index (χ1) is 8.61. The summed E-state index contributed by atoms with van der Waals surface area (Å²) in [4.78, 5) is 0. The first kappa shape index (κ1) is 13.5. The summed E-state index contributed by atoms with van der Waals surface area (Å²) < 4.78 is 19.2. The van der Waals surface area contributed by atoms with Crippen LogP contribution in [0.25, 0.3) is 0 Å². The summed E-state index contributed by atoms with van der Waals surface area (Å²) in [7, 11) is 0. The van der Waals surface area contributed by atoms with E-state index in [4.69, 9.17) is 4.74 Å². The van der Waals surface area contributed by atoms with Crippen molar-refractivity contribution in [3.63, 3.8) is 0 Å². The Labute approximate surface area is 109 Å². The molecule has 1 fully saturated rings. The monoisotopic (exact) mass is 251 g/mol. The van der Waals surface area contributed by atoms with Gasteiger partial charge < -0.3 is 10.1 Å². The van der Waals surface area contributed by atoms with Crippen LogP contribution >= 0.6 is 0 Å². The minimum absolute atomic E-state index is 0.153. The lowest BCUT2D eigenvalue weighted by Crippen LogP contribution is -2.32. The molecule has 1 aromatic rings. The van der Waals surface area contributed by atoms with Gasteiger partial charge in [-0.2, -0.15) is 0 Å². The molecule has 1 aliphatic heterocycles. The van der Waals surface area contributed by atoms with Crippen molar-refractivity contribution in [2.24, 2.45) is 5.92 Å². The number of hydrogen-bond acceptors (Lipinski definition) is 2. The molecule has 1 saturated heterocycles. The van der Waals surface area contributed by atoms with Gasteiger partial charge in [-0.15, -0.1) is 0 Å². The van der Waals surface area contributed by atoms with E-state index in [-0.39, 0.29) is 18.0 Å². The smallest absolute Gasteiger partial charge is 0.123 e. The van der Waals surface area contributed by atoms with E-state index in [2.05, 4.69) is 25.2 Å². The van der Waals surface area contributed by atoms with Crippen molar-refractivity contribution in [1.29, 1.82) is 0 Å². The Balaban J connectivity index is 2.28. The van der Waals surface area contributed by atoms with Crippen LogP contribution in [0.5, 0.6) is 0 Å². The van der Waals surface area contributed by atoms with Crippen LogP contribution in [-0.2, 0) is 4.74 Å². The Morgan fingerprint density at radius 1 is 1.44 bits per heavy atom. The van der Waals surface area contributed by atoms with Crippen LogP contribution in [0.3, 0.4) is 0 Å². The van der Waals surface area contributed by atoms with E-state index in [1.807, 2.05) is 6.92 Å². The van der Waals surface area contributed by atoms with E-state index in [0.29, 0.717) is 5.92 Å². The van der Waals surface area contributed by atoms with Crippen molar-refractivity contribution in [2.75, 3.05) is 13.2 Å². The third kappa shape index (κ3) is 2.90. The fourth-order valence-corrected chi connectivity index (χ4v) is 2.87. The molecule has 0 aliphatic carbocycles. The molecule has 0 amide bonds. The number of nitrogens with one attached hydrogen (secondary N) is 1. The van der Waals surface area contributed by atoms with Crippen LogP contribution in [-0.4, -0.2) is 19.3 Å². The highest BCUT2D eigenvalue weighted by molar-refractivity contribution is 5.27. The molecule has 1 heterocycles. The van der Waals surface area contributed by atoms with Crippen molar-refractivity contribution in [3.8, 4) is 0 Å². The summed E-state index contributed by atoms with van der Waals surface area (Å²) >= 11 is 0. The lowest BCUT2D eigenvalue weighted by atomic mass is 9.87. The van der Waals surface area contributed by atoms with Crippen LogP contribution in [0, 0.1) is 18.7 Å². The summed E-state index contributed by atoms with van der Waals surface area (Å²) in [6, 6.07) is 5.47. The van der Waals surface area contributed by atoms with Crippen LogP contribution in [0.4, 0.5) is 4.39 Å². The molecule has 1 N–H and O–H groups in total. The highest BCUT2D eigenvalue weighted by Gasteiger charge is 2.32. The maximum atomic E-state index is 13.6. The predicted molar refractivity (Wildman–Crippen MR) is 71.1 cm³/mol. The number of hydrogen-bond donors (Lipinski definition) is 1. The maximum Gasteiger partial charge on any atom is 0.123 e. The van der Waals surface area contributed by atoms with Crippen LogP contribution in [0.15, 0.2) is 18.2 Å². The minimum atomic E-state index is -0.153. The molecule has 1 aromatic carbocycles. The van der Waals surface area contributed by atoms with Gasteiger partial charge in [0.2, 0.25) is 0 Å². The summed E-state index contributed by atoms with van der Waals surface area (Å²) in [5.41, 5.74) is 2.01. The lowest BCUT2D eigenvalue weighted by Gasteiger charge is -2.27. The van der Waals surface area contributed by atoms with E-state index in [1.165, 1.54) is 0 Å². The highest BCUT2D eigenvalue weighted by Crippen LogP contribution is 2.33. The zero-order chi connectivity index (χ0) is 13.1. The normalized spacial score (nSPS) is 25.3. The number of benzene rings is 1. The van der Waals surface area contributed by atoms with Crippen molar-refractivity contribution in [2.45, 2.75) is 39.3 Å². The number of aryl methyl sites for hydroxylation is 1. The Hall–Kier alpha value is -0.930. The first-order valence-electron chi connectivity index (χ1n) is 6.74. The molecule has 3 unspecified atom stereocenters. The molecule has 0 spiro atoms. The average molecular weight is 251 g/mol. The average Bonchev–Trinajstić information content (AvgIpc) is 2.71. The van der Waals surface area contributed by atoms with Gasteiger partial charge in [-0.3, -0.25) is 0 Å². The first-order valence-corrected chi connectivity index (χ1v) is 6.74. The van der Waals surface area contributed by atoms with Gasteiger partial charge in [0.15, 0.2) is 0 Å². The second-order valence-electron chi connectivity index (χ2n) is 5.13. The van der Waals surface area contributed by atoms with Gasteiger partial charge >= 0.3 is 0 Å². The van der Waals surface area contributed by atoms with E-state index in [1.54, 1.807) is 12.1 Å². The third-order valence-electron chi connectivity index (χ3n) is 3.71. The van der Waals surface area contributed by atoms with Crippen molar-refractivity contribution < 1.29 is 9.13 Å². The molecular formula is C15H22FNO. The maximum absolute atomic E-state index is 13.6. The quantitative estimate of drug-likeness (QED) is 0.887. The molecule has 2 rings (SSSR count). The predicted octanol–water partition coefficient (Wildman–Crippen LogP) is 3.21. The summed E-state index contributed by atoms with van der Waals surface area (Å²) in [6.45, 7) is 7.81. The van der Waals surface area contributed by atoms with Crippen LogP contribution < -0.4 is 5.32 Å². The second-order valence-corrected chi connectivity index (χ2v) is 5.13. The van der Waals surface area contributed by atoms with Crippen molar-refractivity contribution >= 4 is 0 Å². The van der Waals surface area contributed by atoms with Gasteiger partial charge in [0, 0.05) is 18.6 Å². The summed E-state index contributed by atoms with van der Waals surface area (Å²) in [5.74, 6) is 0.269. The fourth-order valence-electron chi connectivity index (χ4n) is 2.87.